The van der Waals surface area contributed by atoms with Crippen molar-refractivity contribution < 1.29 is 4.39 Å². The number of hydrogen-bond donors (Lipinski definition) is 2. The number of nitrogens with one attached hydrogen (secondary N) is 2. The third kappa shape index (κ3) is 4.37. The van der Waals surface area contributed by atoms with E-state index in [0.717, 1.165) is 11.3 Å². The Kier molecular flexibility index (Phi) is 4.63. The van der Waals surface area contributed by atoms with Gasteiger partial charge in [0.05, 0.1) is 6.20 Å². The lowest BCUT2D eigenvalue weighted by atomic mass is 10.2. The number of nitrogens with zero attached hydrogens (tertiary/aromatic N) is 3. The Bertz CT molecular complexity index is 777. The number of anilines is 3. The van der Waals surface area contributed by atoms with Gasteiger partial charge >= 0.3 is 0 Å². The van der Waals surface area contributed by atoms with Crippen molar-refractivity contribution >= 4 is 29.1 Å². The summed E-state index contributed by atoms with van der Waals surface area (Å²) in [4.78, 5) is 4.32. The molecule has 1 aromatic heterocycles. The molecular formula is C16H13ClFN5. The monoisotopic (exact) mass is 329 g/mol. The molecule has 5 nitrogen and oxygen atoms in total. The van der Waals surface area contributed by atoms with E-state index < -0.39 is 0 Å². The minimum absolute atomic E-state index is 0.257. The van der Waals surface area contributed by atoms with Gasteiger partial charge in [-0.25, -0.2) is 4.39 Å². The molecule has 2 aromatic carbocycles. The Hall–Kier alpha value is -2.73. The van der Waals surface area contributed by atoms with Gasteiger partial charge in [0, 0.05) is 17.3 Å². The van der Waals surface area contributed by atoms with Gasteiger partial charge in [-0.2, -0.15) is 10.1 Å². The lowest BCUT2D eigenvalue weighted by Crippen LogP contribution is -2.05. The van der Waals surface area contributed by atoms with E-state index in [4.69, 9.17) is 11.6 Å². The van der Waals surface area contributed by atoms with Crippen LogP contribution in [-0.2, 0) is 6.54 Å². The maximum Gasteiger partial charge on any atom is 0.249 e. The van der Waals surface area contributed by atoms with Gasteiger partial charge in [0.15, 0.2) is 5.82 Å². The van der Waals surface area contributed by atoms with E-state index in [-0.39, 0.29) is 5.82 Å². The lowest BCUT2D eigenvalue weighted by Gasteiger charge is -2.08. The number of hydrogen-bond acceptors (Lipinski definition) is 5. The van der Waals surface area contributed by atoms with Crippen LogP contribution in [0, 0.1) is 5.82 Å². The molecule has 3 rings (SSSR count). The van der Waals surface area contributed by atoms with Crippen LogP contribution in [0.25, 0.3) is 0 Å². The first kappa shape index (κ1) is 15.2. The Morgan fingerprint density at radius 1 is 1.00 bits per heavy atom. The normalized spacial score (nSPS) is 10.3. The highest BCUT2D eigenvalue weighted by molar-refractivity contribution is 6.30. The molecule has 1 heterocycles. The molecule has 7 heteroatoms. The third-order valence-corrected chi connectivity index (χ3v) is 3.30. The predicted octanol–water partition coefficient (Wildman–Crippen LogP) is 4.02. The zero-order chi connectivity index (χ0) is 16.1. The minimum atomic E-state index is -0.257. The summed E-state index contributed by atoms with van der Waals surface area (Å²) >= 11 is 5.84. The molecule has 0 aliphatic rings. The maximum atomic E-state index is 12.9. The molecule has 0 amide bonds. The quantitative estimate of drug-likeness (QED) is 0.740. The average Bonchev–Trinajstić information content (AvgIpc) is 2.57. The van der Waals surface area contributed by atoms with Gasteiger partial charge in [-0.3, -0.25) is 0 Å². The van der Waals surface area contributed by atoms with Crippen molar-refractivity contribution in [2.75, 3.05) is 10.6 Å². The van der Waals surface area contributed by atoms with Gasteiger partial charge in [-0.1, -0.05) is 23.7 Å². The SMILES string of the molecule is Fc1ccc(CNc2cnnc(Nc3ccc(Cl)cc3)n2)cc1. The van der Waals surface area contributed by atoms with Crippen molar-refractivity contribution in [3.05, 3.63) is 71.1 Å². The van der Waals surface area contributed by atoms with Crippen molar-refractivity contribution in [1.29, 1.82) is 0 Å². The Morgan fingerprint density at radius 3 is 2.48 bits per heavy atom. The summed E-state index contributed by atoms with van der Waals surface area (Å²) in [5.74, 6) is 0.684. The molecule has 0 fully saturated rings. The second kappa shape index (κ2) is 7.02. The molecule has 3 aromatic rings. The van der Waals surface area contributed by atoms with Crippen LogP contribution in [0.1, 0.15) is 5.56 Å². The highest BCUT2D eigenvalue weighted by atomic mass is 35.5. The molecule has 0 radical (unpaired) electrons. The van der Waals surface area contributed by atoms with Crippen molar-refractivity contribution in [1.82, 2.24) is 15.2 Å². The summed E-state index contributed by atoms with van der Waals surface area (Å²) in [6.07, 6.45) is 1.52. The number of benzene rings is 2. The zero-order valence-corrected chi connectivity index (χ0v) is 12.8. The summed E-state index contributed by atoms with van der Waals surface area (Å²) in [5.41, 5.74) is 1.75. The molecule has 116 valence electrons. The van der Waals surface area contributed by atoms with Gasteiger partial charge in [0.1, 0.15) is 5.82 Å². The maximum absolute atomic E-state index is 12.9. The third-order valence-electron chi connectivity index (χ3n) is 3.05. The van der Waals surface area contributed by atoms with E-state index >= 15 is 0 Å². The van der Waals surface area contributed by atoms with Crippen molar-refractivity contribution in [2.24, 2.45) is 0 Å². The van der Waals surface area contributed by atoms with Crippen LogP contribution in [0.4, 0.5) is 21.8 Å². The largest absolute Gasteiger partial charge is 0.365 e. The molecule has 2 N–H and O–H groups in total. The van der Waals surface area contributed by atoms with Gasteiger partial charge in [-0.15, -0.1) is 5.10 Å². The molecule has 0 aliphatic carbocycles. The van der Waals surface area contributed by atoms with Gasteiger partial charge in [0.25, 0.3) is 0 Å². The molecule has 0 saturated carbocycles. The van der Waals surface area contributed by atoms with Crippen molar-refractivity contribution in [3.63, 3.8) is 0 Å². The van der Waals surface area contributed by atoms with Crippen LogP contribution >= 0.6 is 11.6 Å². The number of rotatable bonds is 5. The molecule has 0 unspecified atom stereocenters. The fraction of sp³-hybridized carbons (Fsp3) is 0.0625. The summed E-state index contributed by atoms with van der Waals surface area (Å²) in [6.45, 7) is 0.513. The average molecular weight is 330 g/mol. The summed E-state index contributed by atoms with van der Waals surface area (Å²) in [7, 11) is 0. The van der Waals surface area contributed by atoms with Crippen LogP contribution < -0.4 is 10.6 Å². The van der Waals surface area contributed by atoms with Crippen molar-refractivity contribution in [3.8, 4) is 0 Å². The highest BCUT2D eigenvalue weighted by Gasteiger charge is 2.02. The molecule has 0 spiro atoms. The highest BCUT2D eigenvalue weighted by Crippen LogP contribution is 2.17. The van der Waals surface area contributed by atoms with Gasteiger partial charge in [0.2, 0.25) is 5.95 Å². The van der Waals surface area contributed by atoms with E-state index in [0.29, 0.717) is 23.3 Å². The zero-order valence-electron chi connectivity index (χ0n) is 12.0. The van der Waals surface area contributed by atoms with E-state index in [9.17, 15) is 4.39 Å². The number of aromatic nitrogens is 3. The van der Waals surface area contributed by atoms with E-state index in [1.54, 1.807) is 24.3 Å². The predicted molar refractivity (Wildman–Crippen MR) is 88.3 cm³/mol. The van der Waals surface area contributed by atoms with Crippen LogP contribution in [0.5, 0.6) is 0 Å². The molecule has 0 bridgehead atoms. The van der Waals surface area contributed by atoms with Gasteiger partial charge in [-0.05, 0) is 42.0 Å². The smallest absolute Gasteiger partial charge is 0.249 e. The van der Waals surface area contributed by atoms with E-state index in [1.165, 1.54) is 18.3 Å². The van der Waals surface area contributed by atoms with E-state index in [2.05, 4.69) is 25.8 Å². The van der Waals surface area contributed by atoms with Crippen LogP contribution in [0.2, 0.25) is 5.02 Å². The van der Waals surface area contributed by atoms with Gasteiger partial charge < -0.3 is 10.6 Å². The Morgan fingerprint density at radius 2 is 1.74 bits per heavy atom. The Labute approximate surface area is 137 Å². The lowest BCUT2D eigenvalue weighted by molar-refractivity contribution is 0.627. The van der Waals surface area contributed by atoms with E-state index in [1.807, 2.05) is 12.1 Å². The standard InChI is InChI=1S/C16H13ClFN5/c17-12-3-7-14(8-4-12)21-16-22-15(10-20-23-16)19-9-11-1-5-13(18)6-2-11/h1-8,10H,9H2,(H2,19,21,22,23). The first-order chi connectivity index (χ1) is 11.2. The second-order valence-corrected chi connectivity index (χ2v) is 5.21. The Balaban J connectivity index is 1.65. The first-order valence-electron chi connectivity index (χ1n) is 6.90. The number of halogens is 2. The molecule has 23 heavy (non-hydrogen) atoms. The van der Waals surface area contributed by atoms with Crippen LogP contribution in [-0.4, -0.2) is 15.2 Å². The minimum Gasteiger partial charge on any atom is -0.365 e. The van der Waals surface area contributed by atoms with Crippen LogP contribution in [0.3, 0.4) is 0 Å². The summed E-state index contributed by atoms with van der Waals surface area (Å²) in [6, 6.07) is 13.5. The molecule has 0 saturated heterocycles. The molecular weight excluding hydrogens is 317 g/mol. The summed E-state index contributed by atoms with van der Waals surface area (Å²) in [5, 5.41) is 14.6. The molecule has 0 atom stereocenters. The van der Waals surface area contributed by atoms with Crippen LogP contribution in [0.15, 0.2) is 54.7 Å². The summed E-state index contributed by atoms with van der Waals surface area (Å²) < 4.78 is 12.9. The molecule has 0 aliphatic heterocycles. The van der Waals surface area contributed by atoms with Crippen molar-refractivity contribution in [2.45, 2.75) is 6.54 Å². The second-order valence-electron chi connectivity index (χ2n) is 4.78. The first-order valence-corrected chi connectivity index (χ1v) is 7.27. The fourth-order valence-corrected chi connectivity index (χ4v) is 2.02. The fourth-order valence-electron chi connectivity index (χ4n) is 1.90. The topological polar surface area (TPSA) is 62.7 Å².